The first kappa shape index (κ1) is 19.2. The number of allylic oxidation sites excluding steroid dienone is 6. The van der Waals surface area contributed by atoms with Crippen LogP contribution >= 0.6 is 12.6 Å². The summed E-state index contributed by atoms with van der Waals surface area (Å²) >= 11 is 3.86. The van der Waals surface area contributed by atoms with E-state index < -0.39 is 0 Å². The van der Waals surface area contributed by atoms with Gasteiger partial charge in [-0.2, -0.15) is 0 Å². The van der Waals surface area contributed by atoms with Crippen LogP contribution < -0.4 is 0 Å². The van der Waals surface area contributed by atoms with Crippen molar-refractivity contribution in [3.63, 3.8) is 0 Å². The third kappa shape index (κ3) is 11.1. The normalized spacial score (nSPS) is 14.1. The van der Waals surface area contributed by atoms with Crippen molar-refractivity contribution in [2.24, 2.45) is 5.92 Å². The summed E-state index contributed by atoms with van der Waals surface area (Å²) in [7, 11) is 0. The zero-order valence-corrected chi connectivity index (χ0v) is 14.6. The quantitative estimate of drug-likeness (QED) is 0.414. The van der Waals surface area contributed by atoms with Crippen molar-refractivity contribution in [1.82, 2.24) is 0 Å². The second kappa shape index (κ2) is 11.0. The van der Waals surface area contributed by atoms with Gasteiger partial charge in [0.25, 0.3) is 0 Å². The number of carbonyl (C=O) groups is 1. The van der Waals surface area contributed by atoms with Crippen molar-refractivity contribution in [1.29, 1.82) is 0 Å². The fraction of sp³-hybridized carbons (Fsp3) is 0.611. The van der Waals surface area contributed by atoms with Gasteiger partial charge in [-0.15, -0.1) is 12.6 Å². The minimum Gasteiger partial charge on any atom is -0.287 e. The zero-order chi connectivity index (χ0) is 15.5. The second-order valence-corrected chi connectivity index (χ2v) is 6.38. The minimum atomic E-state index is -0.0240. The molecule has 0 fully saturated rings. The van der Waals surface area contributed by atoms with Crippen molar-refractivity contribution in [3.05, 3.63) is 34.9 Å². The molecule has 0 amide bonds. The number of thiol groups is 1. The maximum atomic E-state index is 11.0. The van der Waals surface area contributed by atoms with E-state index in [9.17, 15) is 4.79 Å². The van der Waals surface area contributed by atoms with Crippen molar-refractivity contribution in [3.8, 4) is 0 Å². The number of hydrogen-bond donors (Lipinski definition) is 1. The average Bonchev–Trinajstić information content (AvgIpc) is 2.35. The Hall–Kier alpha value is -0.760. The number of rotatable bonds is 9. The van der Waals surface area contributed by atoms with Gasteiger partial charge in [-0.25, -0.2) is 0 Å². The monoisotopic (exact) mass is 294 g/mol. The first-order valence-electron chi connectivity index (χ1n) is 7.50. The van der Waals surface area contributed by atoms with Gasteiger partial charge in [-0.1, -0.05) is 41.9 Å². The molecule has 114 valence electrons. The highest BCUT2D eigenvalue weighted by atomic mass is 32.1. The first-order valence-corrected chi connectivity index (χ1v) is 7.95. The Morgan fingerprint density at radius 2 is 1.45 bits per heavy atom. The third-order valence-electron chi connectivity index (χ3n) is 3.36. The Morgan fingerprint density at radius 3 is 1.95 bits per heavy atom. The molecule has 1 unspecified atom stereocenters. The maximum absolute atomic E-state index is 11.0. The molecule has 0 aliphatic carbocycles. The Bertz CT molecular complexity index is 384. The van der Waals surface area contributed by atoms with Gasteiger partial charge in [0.15, 0.2) is 5.12 Å². The summed E-state index contributed by atoms with van der Waals surface area (Å²) in [6.45, 7) is 10.6. The van der Waals surface area contributed by atoms with Gasteiger partial charge in [-0.05, 0) is 59.8 Å². The molecule has 0 spiro atoms. The first-order chi connectivity index (χ1) is 9.32. The highest BCUT2D eigenvalue weighted by Crippen LogP contribution is 2.14. The summed E-state index contributed by atoms with van der Waals surface area (Å²) in [4.78, 5) is 11.0. The van der Waals surface area contributed by atoms with Crippen molar-refractivity contribution < 1.29 is 4.79 Å². The Balaban J connectivity index is 3.99. The standard InChI is InChI=1S/C18H30OS/c1-14(2)8-6-9-15(3)10-7-11-16(4)12-13-17(5)18(19)20/h8,10,12,17H,6-7,9,11,13H2,1-5H3,(H,19,20)/b15-10-,16-12-. The molecule has 20 heavy (non-hydrogen) atoms. The molecular weight excluding hydrogens is 264 g/mol. The summed E-state index contributed by atoms with van der Waals surface area (Å²) in [6.07, 6.45) is 12.1. The highest BCUT2D eigenvalue weighted by molar-refractivity contribution is 7.96. The molecule has 0 saturated carbocycles. The summed E-state index contributed by atoms with van der Waals surface area (Å²) in [5.41, 5.74) is 4.22. The van der Waals surface area contributed by atoms with E-state index in [0.717, 1.165) is 32.1 Å². The molecule has 0 aromatic heterocycles. The molecule has 0 aliphatic rings. The molecule has 0 saturated heterocycles. The molecular formula is C18H30OS. The smallest absolute Gasteiger partial charge is 0.189 e. The zero-order valence-electron chi connectivity index (χ0n) is 13.7. The Labute approximate surface area is 130 Å². The van der Waals surface area contributed by atoms with Crippen LogP contribution in [0.5, 0.6) is 0 Å². The van der Waals surface area contributed by atoms with Gasteiger partial charge in [0.1, 0.15) is 0 Å². The van der Waals surface area contributed by atoms with Gasteiger partial charge >= 0.3 is 0 Å². The topological polar surface area (TPSA) is 17.1 Å². The lowest BCUT2D eigenvalue weighted by Gasteiger charge is -2.04. The van der Waals surface area contributed by atoms with Crippen LogP contribution in [0.25, 0.3) is 0 Å². The van der Waals surface area contributed by atoms with E-state index in [1.165, 1.54) is 16.7 Å². The van der Waals surface area contributed by atoms with Crippen LogP contribution in [-0.2, 0) is 4.79 Å². The van der Waals surface area contributed by atoms with Crippen LogP contribution in [0.2, 0.25) is 0 Å². The molecule has 0 bridgehead atoms. The fourth-order valence-corrected chi connectivity index (χ4v) is 1.92. The third-order valence-corrected chi connectivity index (χ3v) is 3.80. The van der Waals surface area contributed by atoms with Gasteiger partial charge in [0.2, 0.25) is 0 Å². The maximum Gasteiger partial charge on any atom is 0.189 e. The van der Waals surface area contributed by atoms with E-state index >= 15 is 0 Å². The predicted octanol–water partition coefficient (Wildman–Crippen LogP) is 5.89. The lowest BCUT2D eigenvalue weighted by atomic mass is 10.0. The molecule has 0 heterocycles. The van der Waals surface area contributed by atoms with E-state index in [0.29, 0.717) is 0 Å². The Kier molecular flexibility index (Phi) is 10.5. The molecule has 2 heteroatoms. The van der Waals surface area contributed by atoms with Gasteiger partial charge in [0, 0.05) is 5.92 Å². The summed E-state index contributed by atoms with van der Waals surface area (Å²) < 4.78 is 0. The molecule has 1 atom stereocenters. The van der Waals surface area contributed by atoms with E-state index in [1.54, 1.807) is 0 Å². The van der Waals surface area contributed by atoms with E-state index in [-0.39, 0.29) is 11.0 Å². The van der Waals surface area contributed by atoms with Crippen molar-refractivity contribution in [2.45, 2.75) is 66.7 Å². The molecule has 0 N–H and O–H groups in total. The van der Waals surface area contributed by atoms with Crippen LogP contribution in [-0.4, -0.2) is 5.12 Å². The van der Waals surface area contributed by atoms with Crippen molar-refractivity contribution in [2.75, 3.05) is 0 Å². The minimum absolute atomic E-state index is 0.0228. The lowest BCUT2D eigenvalue weighted by Crippen LogP contribution is -2.01. The molecule has 1 nitrogen and oxygen atoms in total. The fourth-order valence-electron chi connectivity index (χ4n) is 1.82. The van der Waals surface area contributed by atoms with E-state index in [1.807, 2.05) is 6.92 Å². The van der Waals surface area contributed by atoms with Crippen molar-refractivity contribution >= 4 is 17.7 Å². The molecule has 0 rings (SSSR count). The number of carbonyl (C=O) groups excluding carboxylic acids is 1. The lowest BCUT2D eigenvalue weighted by molar-refractivity contribution is -0.113. The van der Waals surface area contributed by atoms with Gasteiger partial charge < -0.3 is 0 Å². The van der Waals surface area contributed by atoms with Crippen LogP contribution in [0.15, 0.2) is 34.9 Å². The van der Waals surface area contributed by atoms with Crippen LogP contribution in [0.3, 0.4) is 0 Å². The molecule has 0 aliphatic heterocycles. The average molecular weight is 295 g/mol. The van der Waals surface area contributed by atoms with E-state index in [2.05, 4.69) is 58.6 Å². The highest BCUT2D eigenvalue weighted by Gasteiger charge is 2.05. The molecule has 0 radical (unpaired) electrons. The van der Waals surface area contributed by atoms with Gasteiger partial charge in [-0.3, -0.25) is 4.79 Å². The molecule has 0 aromatic carbocycles. The summed E-state index contributed by atoms with van der Waals surface area (Å²) in [6, 6.07) is 0. The van der Waals surface area contributed by atoms with Crippen LogP contribution in [0, 0.1) is 5.92 Å². The van der Waals surface area contributed by atoms with Crippen LogP contribution in [0.4, 0.5) is 0 Å². The summed E-state index contributed by atoms with van der Waals surface area (Å²) in [5, 5.41) is -0.0240. The van der Waals surface area contributed by atoms with E-state index in [4.69, 9.17) is 0 Å². The predicted molar refractivity (Wildman–Crippen MR) is 93.2 cm³/mol. The SMILES string of the molecule is CC(C)=CCC/C(C)=C\CC/C(C)=C\CC(C)C(=O)S. The largest absolute Gasteiger partial charge is 0.287 e. The van der Waals surface area contributed by atoms with Crippen LogP contribution in [0.1, 0.15) is 66.7 Å². The second-order valence-electron chi connectivity index (χ2n) is 5.93. The Morgan fingerprint density at radius 1 is 0.950 bits per heavy atom. The molecule has 0 aromatic rings. The summed E-state index contributed by atoms with van der Waals surface area (Å²) in [5.74, 6) is 0.0228. The number of hydrogen-bond acceptors (Lipinski definition) is 1. The van der Waals surface area contributed by atoms with Gasteiger partial charge in [0.05, 0.1) is 0 Å².